The molecule has 11 heteroatoms. The van der Waals surface area contributed by atoms with Gasteiger partial charge in [0.1, 0.15) is 0 Å². The monoisotopic (exact) mass is 508 g/mol. The molecule has 0 saturated heterocycles. The normalized spacial score (nSPS) is 12.4. The van der Waals surface area contributed by atoms with E-state index in [1.165, 1.54) is 12.1 Å². The maximum absolute atomic E-state index is 12.5. The molecule has 0 unspecified atom stereocenters. The van der Waals surface area contributed by atoms with Gasteiger partial charge in [0.2, 0.25) is 10.0 Å². The average Bonchev–Trinajstić information content (AvgIpc) is 2.51. The van der Waals surface area contributed by atoms with Gasteiger partial charge in [0, 0.05) is 26.7 Å². The molecule has 0 saturated carbocycles. The van der Waals surface area contributed by atoms with E-state index in [1.54, 1.807) is 7.05 Å². The van der Waals surface area contributed by atoms with Crippen LogP contribution in [0.15, 0.2) is 29.3 Å². The van der Waals surface area contributed by atoms with E-state index in [9.17, 15) is 21.6 Å². The first kappa shape index (κ1) is 24.9. The molecule has 1 aromatic carbocycles. The van der Waals surface area contributed by atoms with E-state index < -0.39 is 21.8 Å². The molecule has 1 rings (SSSR count). The van der Waals surface area contributed by atoms with Crippen molar-refractivity contribution in [3.63, 3.8) is 0 Å². The summed E-state index contributed by atoms with van der Waals surface area (Å²) in [6, 6.07) is 5.05. The second-order valence-electron chi connectivity index (χ2n) is 5.39. The minimum Gasteiger partial charge on any atom is -0.356 e. The van der Waals surface area contributed by atoms with Crippen LogP contribution in [0.25, 0.3) is 0 Å². The van der Waals surface area contributed by atoms with Gasteiger partial charge < -0.3 is 10.6 Å². The van der Waals surface area contributed by atoms with E-state index in [-0.39, 0.29) is 24.0 Å². The van der Waals surface area contributed by atoms with Gasteiger partial charge in [0.05, 0.1) is 11.8 Å². The molecule has 3 N–H and O–H groups in total. The molecule has 0 aliphatic carbocycles. The Bertz CT molecular complexity index is 664. The molecule has 0 amide bonds. The number of sulfonamides is 1. The van der Waals surface area contributed by atoms with Crippen molar-refractivity contribution < 1.29 is 21.6 Å². The number of aliphatic imine (C=N–C) groups is 1. The largest absolute Gasteiger partial charge is 0.416 e. The van der Waals surface area contributed by atoms with E-state index in [2.05, 4.69) is 20.3 Å². The van der Waals surface area contributed by atoms with E-state index in [0.29, 0.717) is 38.4 Å². The van der Waals surface area contributed by atoms with Crippen molar-refractivity contribution in [1.82, 2.24) is 15.4 Å². The molecule has 6 nitrogen and oxygen atoms in total. The molecule has 1 aromatic rings. The van der Waals surface area contributed by atoms with Crippen LogP contribution in [-0.2, 0) is 22.6 Å². The Hall–Kier alpha value is -1.08. The molecular weight excluding hydrogens is 484 g/mol. The third-order valence-corrected chi connectivity index (χ3v) is 3.95. The highest BCUT2D eigenvalue weighted by Gasteiger charge is 2.29. The van der Waals surface area contributed by atoms with E-state index >= 15 is 0 Å². The standard InChI is InChI=1S/C15H23F3N4O2S.HI/c1-19-14(20-9-3-10-22-25(2,23)24)21-11-8-12-4-6-13(7-5-12)15(16,17)18;/h4-7,22H,3,8-11H2,1-2H3,(H2,19,20,21);1H. The Morgan fingerprint density at radius 3 is 2.15 bits per heavy atom. The van der Waals surface area contributed by atoms with Crippen molar-refractivity contribution in [2.45, 2.75) is 19.0 Å². The van der Waals surface area contributed by atoms with Gasteiger partial charge in [-0.15, -0.1) is 24.0 Å². The zero-order valence-electron chi connectivity index (χ0n) is 14.6. The maximum atomic E-state index is 12.5. The summed E-state index contributed by atoms with van der Waals surface area (Å²) in [6.45, 7) is 1.36. The Morgan fingerprint density at radius 1 is 1.08 bits per heavy atom. The zero-order valence-corrected chi connectivity index (χ0v) is 17.7. The fourth-order valence-electron chi connectivity index (χ4n) is 1.96. The number of alkyl halides is 3. The van der Waals surface area contributed by atoms with Gasteiger partial charge in [-0.1, -0.05) is 12.1 Å². The molecule has 26 heavy (non-hydrogen) atoms. The summed E-state index contributed by atoms with van der Waals surface area (Å²) in [5.74, 6) is 0.547. The van der Waals surface area contributed by atoms with Gasteiger partial charge in [-0.3, -0.25) is 4.99 Å². The molecule has 150 valence electrons. The first-order valence-corrected chi connectivity index (χ1v) is 9.56. The van der Waals surface area contributed by atoms with Crippen LogP contribution in [0, 0.1) is 0 Å². The molecule has 0 radical (unpaired) electrons. The average molecular weight is 508 g/mol. The molecule has 0 aliphatic rings. The molecule has 0 spiro atoms. The Morgan fingerprint density at radius 2 is 1.65 bits per heavy atom. The van der Waals surface area contributed by atoms with Gasteiger partial charge >= 0.3 is 6.18 Å². The molecule has 0 aromatic heterocycles. The third kappa shape index (κ3) is 10.8. The number of guanidine groups is 1. The Labute approximate surface area is 169 Å². The lowest BCUT2D eigenvalue weighted by Gasteiger charge is -2.12. The van der Waals surface area contributed by atoms with E-state index in [4.69, 9.17) is 0 Å². The van der Waals surface area contributed by atoms with Crippen LogP contribution in [0.2, 0.25) is 0 Å². The van der Waals surface area contributed by atoms with Gasteiger partial charge in [-0.2, -0.15) is 13.2 Å². The van der Waals surface area contributed by atoms with Crippen LogP contribution >= 0.6 is 24.0 Å². The highest BCUT2D eigenvalue weighted by molar-refractivity contribution is 14.0. The maximum Gasteiger partial charge on any atom is 0.416 e. The van der Waals surface area contributed by atoms with Gasteiger partial charge in [-0.25, -0.2) is 13.1 Å². The van der Waals surface area contributed by atoms with Crippen LogP contribution in [0.5, 0.6) is 0 Å². The molecule has 0 bridgehead atoms. The summed E-state index contributed by atoms with van der Waals surface area (Å²) < 4.78 is 61.7. The summed E-state index contributed by atoms with van der Waals surface area (Å²) in [4.78, 5) is 4.02. The van der Waals surface area contributed by atoms with Crippen molar-refractivity contribution >= 4 is 40.0 Å². The van der Waals surface area contributed by atoms with Crippen molar-refractivity contribution in [1.29, 1.82) is 0 Å². The van der Waals surface area contributed by atoms with Crippen molar-refractivity contribution in [3.05, 3.63) is 35.4 Å². The summed E-state index contributed by atoms with van der Waals surface area (Å²) in [6.07, 6.45) is -2.09. The quantitative estimate of drug-likeness (QED) is 0.217. The molecule has 0 aliphatic heterocycles. The lowest BCUT2D eigenvalue weighted by atomic mass is 10.1. The van der Waals surface area contributed by atoms with Crippen molar-refractivity contribution in [2.24, 2.45) is 4.99 Å². The summed E-state index contributed by atoms with van der Waals surface area (Å²) in [5.41, 5.74) is 0.123. The van der Waals surface area contributed by atoms with Gasteiger partial charge in [-0.05, 0) is 30.5 Å². The number of nitrogens with zero attached hydrogens (tertiary/aromatic N) is 1. The van der Waals surface area contributed by atoms with Crippen LogP contribution in [0.1, 0.15) is 17.5 Å². The minimum atomic E-state index is -4.32. The summed E-state index contributed by atoms with van der Waals surface area (Å²) in [7, 11) is -1.58. The fourth-order valence-corrected chi connectivity index (χ4v) is 2.47. The van der Waals surface area contributed by atoms with Crippen molar-refractivity contribution in [2.75, 3.05) is 32.9 Å². The molecule has 0 atom stereocenters. The molecular formula is C15H24F3IN4O2S. The first-order chi connectivity index (χ1) is 11.6. The second-order valence-corrected chi connectivity index (χ2v) is 7.22. The van der Waals surface area contributed by atoms with Crippen LogP contribution < -0.4 is 15.4 Å². The van der Waals surface area contributed by atoms with Gasteiger partial charge in [0.15, 0.2) is 5.96 Å². The first-order valence-electron chi connectivity index (χ1n) is 7.67. The Kier molecular flexibility index (Phi) is 11.1. The number of hydrogen-bond donors (Lipinski definition) is 3. The fraction of sp³-hybridized carbons (Fsp3) is 0.533. The minimum absolute atomic E-state index is 0. The van der Waals surface area contributed by atoms with Gasteiger partial charge in [0.25, 0.3) is 0 Å². The zero-order chi connectivity index (χ0) is 18.9. The predicted octanol–water partition coefficient (Wildman–Crippen LogP) is 1.97. The number of hydrogen-bond acceptors (Lipinski definition) is 3. The number of nitrogens with one attached hydrogen (secondary N) is 3. The number of rotatable bonds is 8. The summed E-state index contributed by atoms with van der Waals surface area (Å²) in [5, 5.41) is 6.07. The predicted molar refractivity (Wildman–Crippen MR) is 107 cm³/mol. The lowest BCUT2D eigenvalue weighted by molar-refractivity contribution is -0.137. The number of halogens is 4. The smallest absolute Gasteiger partial charge is 0.356 e. The summed E-state index contributed by atoms with van der Waals surface area (Å²) >= 11 is 0. The SMILES string of the molecule is CN=C(NCCCNS(C)(=O)=O)NCCc1ccc(C(F)(F)F)cc1.I. The second kappa shape index (κ2) is 11.6. The van der Waals surface area contributed by atoms with Crippen molar-refractivity contribution in [3.8, 4) is 0 Å². The highest BCUT2D eigenvalue weighted by atomic mass is 127. The van der Waals surface area contributed by atoms with Crippen LogP contribution in [0.4, 0.5) is 13.2 Å². The molecule has 0 fully saturated rings. The third-order valence-electron chi connectivity index (χ3n) is 3.22. The number of benzene rings is 1. The topological polar surface area (TPSA) is 82.6 Å². The Balaban J connectivity index is 0.00000625. The molecule has 0 heterocycles. The van der Waals surface area contributed by atoms with Crippen LogP contribution in [-0.4, -0.2) is 47.3 Å². The van der Waals surface area contributed by atoms with E-state index in [0.717, 1.165) is 24.0 Å². The highest BCUT2D eigenvalue weighted by Crippen LogP contribution is 2.29. The lowest BCUT2D eigenvalue weighted by Crippen LogP contribution is -2.39. The van der Waals surface area contributed by atoms with Crippen LogP contribution in [0.3, 0.4) is 0 Å². The van der Waals surface area contributed by atoms with E-state index in [1.807, 2.05) is 0 Å².